The van der Waals surface area contributed by atoms with Crippen molar-refractivity contribution in [2.45, 2.75) is 51.4 Å². The number of nitrogens with zero attached hydrogens (tertiary/aromatic N) is 5. The molecule has 2 aliphatic heterocycles. The number of hydrogen-bond donors (Lipinski definition) is 1. The normalized spacial score (nSPS) is 21.0. The molecule has 0 amide bonds. The summed E-state index contributed by atoms with van der Waals surface area (Å²) in [5.74, 6) is 1.88. The smallest absolute Gasteiger partial charge is 0.231 e. The monoisotopic (exact) mass is 290 g/mol. The van der Waals surface area contributed by atoms with Crippen molar-refractivity contribution in [3.63, 3.8) is 0 Å². The SMILES string of the molecule is Nc1nc(N2CCCCCCC2)nc(N2CCCCC2)n1. The molecule has 6 heteroatoms. The van der Waals surface area contributed by atoms with Crippen LogP contribution in [-0.4, -0.2) is 41.1 Å². The van der Waals surface area contributed by atoms with E-state index in [2.05, 4.69) is 19.8 Å². The minimum atomic E-state index is 0.350. The highest BCUT2D eigenvalue weighted by Gasteiger charge is 2.18. The summed E-state index contributed by atoms with van der Waals surface area (Å²) in [7, 11) is 0. The van der Waals surface area contributed by atoms with Gasteiger partial charge >= 0.3 is 0 Å². The Labute approximate surface area is 126 Å². The van der Waals surface area contributed by atoms with Gasteiger partial charge in [-0.2, -0.15) is 15.0 Å². The Kier molecular flexibility index (Phi) is 4.72. The number of nitrogens with two attached hydrogens (primary N) is 1. The molecule has 1 aromatic heterocycles. The number of aromatic nitrogens is 3. The summed E-state index contributed by atoms with van der Waals surface area (Å²) in [6.07, 6.45) is 10.1. The molecule has 2 fully saturated rings. The van der Waals surface area contributed by atoms with E-state index in [1.807, 2.05) is 0 Å². The molecule has 0 aliphatic carbocycles. The summed E-state index contributed by atoms with van der Waals surface area (Å²) < 4.78 is 0. The fourth-order valence-corrected chi connectivity index (χ4v) is 3.19. The molecule has 6 nitrogen and oxygen atoms in total. The van der Waals surface area contributed by atoms with Crippen LogP contribution < -0.4 is 15.5 Å². The van der Waals surface area contributed by atoms with Crippen molar-refractivity contribution in [2.24, 2.45) is 0 Å². The van der Waals surface area contributed by atoms with Crippen molar-refractivity contribution in [3.05, 3.63) is 0 Å². The lowest BCUT2D eigenvalue weighted by molar-refractivity contribution is 0.546. The summed E-state index contributed by atoms with van der Waals surface area (Å²) >= 11 is 0. The first-order chi connectivity index (χ1) is 10.3. The second-order valence-electron chi connectivity index (χ2n) is 6.10. The number of anilines is 3. The Bertz CT molecular complexity index is 449. The third-order valence-electron chi connectivity index (χ3n) is 4.41. The Morgan fingerprint density at radius 1 is 0.571 bits per heavy atom. The average molecular weight is 290 g/mol. The molecule has 2 aliphatic rings. The first-order valence-corrected chi connectivity index (χ1v) is 8.34. The lowest BCUT2D eigenvalue weighted by Crippen LogP contribution is -2.33. The zero-order valence-electron chi connectivity index (χ0n) is 12.8. The van der Waals surface area contributed by atoms with E-state index in [1.165, 1.54) is 51.4 Å². The maximum atomic E-state index is 5.93. The van der Waals surface area contributed by atoms with Crippen molar-refractivity contribution < 1.29 is 0 Å². The lowest BCUT2D eigenvalue weighted by atomic mass is 10.1. The van der Waals surface area contributed by atoms with E-state index in [-0.39, 0.29) is 0 Å². The van der Waals surface area contributed by atoms with Crippen LogP contribution in [-0.2, 0) is 0 Å². The van der Waals surface area contributed by atoms with Gasteiger partial charge in [-0.25, -0.2) is 0 Å². The van der Waals surface area contributed by atoms with E-state index in [0.29, 0.717) is 5.95 Å². The predicted molar refractivity (Wildman–Crippen MR) is 85.6 cm³/mol. The van der Waals surface area contributed by atoms with Crippen molar-refractivity contribution in [1.82, 2.24) is 15.0 Å². The fraction of sp³-hybridized carbons (Fsp3) is 0.800. The van der Waals surface area contributed by atoms with Crippen LogP contribution in [0.25, 0.3) is 0 Å². The Hall–Kier alpha value is -1.59. The highest BCUT2D eigenvalue weighted by atomic mass is 15.3. The second kappa shape index (κ2) is 6.91. The molecule has 3 rings (SSSR count). The van der Waals surface area contributed by atoms with E-state index in [4.69, 9.17) is 10.7 Å². The van der Waals surface area contributed by atoms with Gasteiger partial charge in [0.15, 0.2) is 0 Å². The molecular weight excluding hydrogens is 264 g/mol. The van der Waals surface area contributed by atoms with Gasteiger partial charge in [0.1, 0.15) is 0 Å². The topological polar surface area (TPSA) is 71.2 Å². The molecule has 0 unspecified atom stereocenters. The van der Waals surface area contributed by atoms with Gasteiger partial charge in [-0.1, -0.05) is 19.3 Å². The molecule has 0 aromatic carbocycles. The Morgan fingerprint density at radius 3 is 1.43 bits per heavy atom. The Balaban J connectivity index is 1.78. The molecule has 0 atom stereocenters. The van der Waals surface area contributed by atoms with Crippen molar-refractivity contribution >= 4 is 17.8 Å². The molecular formula is C15H26N6. The third kappa shape index (κ3) is 3.74. The third-order valence-corrected chi connectivity index (χ3v) is 4.41. The molecule has 3 heterocycles. The van der Waals surface area contributed by atoms with Crippen molar-refractivity contribution in [3.8, 4) is 0 Å². The number of hydrogen-bond acceptors (Lipinski definition) is 6. The van der Waals surface area contributed by atoms with E-state index in [1.54, 1.807) is 0 Å². The minimum Gasteiger partial charge on any atom is -0.368 e. The minimum absolute atomic E-state index is 0.350. The standard InChI is InChI=1S/C15H26N6/c16-13-17-14(20-9-5-2-1-3-6-10-20)19-15(18-13)21-11-7-4-8-12-21/h1-12H2,(H2,16,17,18,19). The second-order valence-corrected chi connectivity index (χ2v) is 6.10. The first-order valence-electron chi connectivity index (χ1n) is 8.34. The van der Waals surface area contributed by atoms with Crippen LogP contribution in [0.15, 0.2) is 0 Å². The van der Waals surface area contributed by atoms with Gasteiger partial charge in [-0.05, 0) is 32.1 Å². The highest BCUT2D eigenvalue weighted by molar-refractivity contribution is 5.43. The maximum absolute atomic E-state index is 5.93. The summed E-state index contributed by atoms with van der Waals surface area (Å²) in [5, 5.41) is 0. The summed E-state index contributed by atoms with van der Waals surface area (Å²) in [6.45, 7) is 4.12. The van der Waals surface area contributed by atoms with Crippen LogP contribution in [0.3, 0.4) is 0 Å². The quantitative estimate of drug-likeness (QED) is 0.900. The van der Waals surface area contributed by atoms with Crippen LogP contribution in [0.1, 0.15) is 51.4 Å². The van der Waals surface area contributed by atoms with Gasteiger partial charge in [-0.3, -0.25) is 0 Å². The number of nitrogen functional groups attached to an aromatic ring is 1. The number of piperidine rings is 1. The summed E-state index contributed by atoms with van der Waals surface area (Å²) in [4.78, 5) is 18.0. The van der Waals surface area contributed by atoms with E-state index < -0.39 is 0 Å². The van der Waals surface area contributed by atoms with Crippen LogP contribution in [0.4, 0.5) is 17.8 Å². The highest BCUT2D eigenvalue weighted by Crippen LogP contribution is 2.21. The van der Waals surface area contributed by atoms with Crippen LogP contribution in [0.2, 0.25) is 0 Å². The fourth-order valence-electron chi connectivity index (χ4n) is 3.19. The van der Waals surface area contributed by atoms with Crippen LogP contribution in [0.5, 0.6) is 0 Å². The van der Waals surface area contributed by atoms with Gasteiger partial charge in [0.25, 0.3) is 0 Å². The van der Waals surface area contributed by atoms with E-state index >= 15 is 0 Å². The number of rotatable bonds is 2. The van der Waals surface area contributed by atoms with Gasteiger partial charge in [-0.15, -0.1) is 0 Å². The molecule has 0 spiro atoms. The first kappa shape index (κ1) is 14.4. The van der Waals surface area contributed by atoms with Gasteiger partial charge < -0.3 is 15.5 Å². The molecule has 116 valence electrons. The van der Waals surface area contributed by atoms with Crippen molar-refractivity contribution in [1.29, 1.82) is 0 Å². The van der Waals surface area contributed by atoms with E-state index in [9.17, 15) is 0 Å². The van der Waals surface area contributed by atoms with Gasteiger partial charge in [0.2, 0.25) is 17.8 Å². The summed E-state index contributed by atoms with van der Waals surface area (Å²) in [5.41, 5.74) is 5.93. The van der Waals surface area contributed by atoms with E-state index in [0.717, 1.165) is 38.1 Å². The van der Waals surface area contributed by atoms with Gasteiger partial charge in [0.05, 0.1) is 0 Å². The maximum Gasteiger partial charge on any atom is 0.231 e. The molecule has 0 radical (unpaired) electrons. The zero-order chi connectivity index (χ0) is 14.5. The van der Waals surface area contributed by atoms with Gasteiger partial charge in [0, 0.05) is 26.2 Å². The zero-order valence-corrected chi connectivity index (χ0v) is 12.8. The predicted octanol–water partition coefficient (Wildman–Crippen LogP) is 2.21. The average Bonchev–Trinajstić information content (AvgIpc) is 2.47. The molecule has 1 aromatic rings. The van der Waals surface area contributed by atoms with Crippen LogP contribution in [0, 0.1) is 0 Å². The lowest BCUT2D eigenvalue weighted by Gasteiger charge is -2.29. The molecule has 0 bridgehead atoms. The van der Waals surface area contributed by atoms with Crippen molar-refractivity contribution in [2.75, 3.05) is 41.7 Å². The summed E-state index contributed by atoms with van der Waals surface area (Å²) in [6, 6.07) is 0. The largest absolute Gasteiger partial charge is 0.368 e. The van der Waals surface area contributed by atoms with Crippen LogP contribution >= 0.6 is 0 Å². The molecule has 2 N–H and O–H groups in total. The molecule has 2 saturated heterocycles. The molecule has 21 heavy (non-hydrogen) atoms. The Morgan fingerprint density at radius 2 is 0.952 bits per heavy atom. The molecule has 0 saturated carbocycles.